The summed E-state index contributed by atoms with van der Waals surface area (Å²) in [5.74, 6) is 0.265. The summed E-state index contributed by atoms with van der Waals surface area (Å²) in [7, 11) is -4.57. The predicted molar refractivity (Wildman–Crippen MR) is 81.3 cm³/mol. The standard InChI is InChI=1S/C15H25O4P/c1-10-8-9-11(19-20(16,17)18)13(15(5,6)7)12(10)14(2,3)4/h8-9H,1-7H3,(H2,16,17,18). The van der Waals surface area contributed by atoms with Crippen LogP contribution in [-0.4, -0.2) is 9.79 Å². The Labute approximate surface area is 121 Å². The summed E-state index contributed by atoms with van der Waals surface area (Å²) in [5, 5.41) is 0. The van der Waals surface area contributed by atoms with Gasteiger partial charge in [0.05, 0.1) is 0 Å². The largest absolute Gasteiger partial charge is 0.524 e. The van der Waals surface area contributed by atoms with Crippen LogP contribution < -0.4 is 4.52 Å². The van der Waals surface area contributed by atoms with Gasteiger partial charge in [0, 0.05) is 5.56 Å². The first-order chi connectivity index (χ1) is 8.73. The van der Waals surface area contributed by atoms with Crippen LogP contribution in [0.4, 0.5) is 0 Å². The van der Waals surface area contributed by atoms with E-state index in [1.54, 1.807) is 6.07 Å². The summed E-state index contributed by atoms with van der Waals surface area (Å²) >= 11 is 0. The highest BCUT2D eigenvalue weighted by Crippen LogP contribution is 2.46. The highest BCUT2D eigenvalue weighted by Gasteiger charge is 2.32. The molecule has 2 N–H and O–H groups in total. The molecular formula is C15H25O4P. The van der Waals surface area contributed by atoms with Crippen molar-refractivity contribution in [1.82, 2.24) is 0 Å². The second kappa shape index (κ2) is 5.18. The Bertz CT molecular complexity index is 544. The van der Waals surface area contributed by atoms with Gasteiger partial charge in [0.1, 0.15) is 5.75 Å². The van der Waals surface area contributed by atoms with Crippen LogP contribution in [0.3, 0.4) is 0 Å². The number of phosphoric ester groups is 1. The second-order valence-electron chi connectivity index (χ2n) is 7.21. The van der Waals surface area contributed by atoms with E-state index in [1.807, 2.05) is 33.8 Å². The summed E-state index contributed by atoms with van der Waals surface area (Å²) in [6, 6.07) is 3.49. The number of aryl methyl sites for hydroxylation is 1. The van der Waals surface area contributed by atoms with E-state index in [-0.39, 0.29) is 16.6 Å². The first-order valence-electron chi connectivity index (χ1n) is 6.63. The van der Waals surface area contributed by atoms with Crippen molar-refractivity contribution in [2.24, 2.45) is 0 Å². The van der Waals surface area contributed by atoms with Crippen LogP contribution in [-0.2, 0) is 15.4 Å². The van der Waals surface area contributed by atoms with Gasteiger partial charge >= 0.3 is 7.82 Å². The minimum Gasteiger partial charge on any atom is -0.404 e. The molecule has 0 aliphatic carbocycles. The third-order valence-corrected chi connectivity index (χ3v) is 3.53. The first-order valence-corrected chi connectivity index (χ1v) is 8.16. The summed E-state index contributed by atoms with van der Waals surface area (Å²) in [4.78, 5) is 18.2. The lowest BCUT2D eigenvalue weighted by Gasteiger charge is -2.33. The van der Waals surface area contributed by atoms with E-state index < -0.39 is 7.82 Å². The van der Waals surface area contributed by atoms with E-state index >= 15 is 0 Å². The van der Waals surface area contributed by atoms with Gasteiger partial charge in [-0.2, -0.15) is 0 Å². The smallest absolute Gasteiger partial charge is 0.404 e. The maximum atomic E-state index is 11.2. The fourth-order valence-corrected chi connectivity index (χ4v) is 3.01. The molecule has 0 bridgehead atoms. The predicted octanol–water partition coefficient (Wildman–Crippen LogP) is 4.06. The van der Waals surface area contributed by atoms with Gasteiger partial charge in [-0.15, -0.1) is 0 Å². The molecule has 1 rings (SSSR count). The van der Waals surface area contributed by atoms with Crippen molar-refractivity contribution in [3.8, 4) is 5.75 Å². The second-order valence-corrected chi connectivity index (χ2v) is 8.38. The average molecular weight is 300 g/mol. The molecule has 0 unspecified atom stereocenters. The lowest BCUT2D eigenvalue weighted by atomic mass is 9.73. The molecule has 0 fully saturated rings. The van der Waals surface area contributed by atoms with Crippen LogP contribution in [0, 0.1) is 6.92 Å². The van der Waals surface area contributed by atoms with Crippen molar-refractivity contribution in [2.45, 2.75) is 59.3 Å². The number of phosphoric acid groups is 1. The van der Waals surface area contributed by atoms with Crippen molar-refractivity contribution >= 4 is 7.82 Å². The average Bonchev–Trinajstić information content (AvgIpc) is 2.14. The Morgan fingerprint density at radius 3 is 1.75 bits per heavy atom. The van der Waals surface area contributed by atoms with E-state index in [9.17, 15) is 4.57 Å². The van der Waals surface area contributed by atoms with Crippen molar-refractivity contribution in [3.63, 3.8) is 0 Å². The zero-order valence-corrected chi connectivity index (χ0v) is 14.2. The maximum absolute atomic E-state index is 11.2. The van der Waals surface area contributed by atoms with Gasteiger partial charge < -0.3 is 4.52 Å². The third-order valence-electron chi connectivity index (χ3n) is 3.09. The van der Waals surface area contributed by atoms with E-state index in [4.69, 9.17) is 14.3 Å². The monoisotopic (exact) mass is 300 g/mol. The van der Waals surface area contributed by atoms with Crippen molar-refractivity contribution in [3.05, 3.63) is 28.8 Å². The molecule has 0 amide bonds. The number of rotatable bonds is 2. The fraction of sp³-hybridized carbons (Fsp3) is 0.600. The molecule has 20 heavy (non-hydrogen) atoms. The fourth-order valence-electron chi connectivity index (χ4n) is 2.60. The van der Waals surface area contributed by atoms with Gasteiger partial charge in [-0.1, -0.05) is 47.6 Å². The lowest BCUT2D eigenvalue weighted by Crippen LogP contribution is -2.24. The molecule has 0 spiro atoms. The molecule has 1 aromatic carbocycles. The molecule has 0 radical (unpaired) electrons. The summed E-state index contributed by atoms with van der Waals surface area (Å²) in [6.07, 6.45) is 0. The van der Waals surface area contributed by atoms with Crippen LogP contribution in [0.5, 0.6) is 5.75 Å². The third kappa shape index (κ3) is 4.08. The normalized spacial score (nSPS) is 13.4. The van der Waals surface area contributed by atoms with E-state index in [2.05, 4.69) is 20.8 Å². The van der Waals surface area contributed by atoms with Gasteiger partial charge in [-0.05, 0) is 34.9 Å². The van der Waals surface area contributed by atoms with E-state index in [1.165, 1.54) is 0 Å². The minimum absolute atomic E-state index is 0.138. The molecule has 0 saturated heterocycles. The Hall–Kier alpha value is -0.830. The molecule has 0 aliphatic heterocycles. The lowest BCUT2D eigenvalue weighted by molar-refractivity contribution is 0.280. The molecule has 0 saturated carbocycles. The van der Waals surface area contributed by atoms with Crippen LogP contribution in [0.2, 0.25) is 0 Å². The van der Waals surface area contributed by atoms with Crippen LogP contribution >= 0.6 is 7.82 Å². The van der Waals surface area contributed by atoms with Gasteiger partial charge in [0.25, 0.3) is 0 Å². The SMILES string of the molecule is Cc1ccc(OP(=O)(O)O)c(C(C)(C)C)c1C(C)(C)C. The number of hydrogen-bond acceptors (Lipinski definition) is 2. The highest BCUT2D eigenvalue weighted by atomic mass is 31.2. The van der Waals surface area contributed by atoms with Crippen LogP contribution in [0.15, 0.2) is 12.1 Å². The van der Waals surface area contributed by atoms with Gasteiger partial charge in [0.15, 0.2) is 0 Å². The van der Waals surface area contributed by atoms with E-state index in [0.717, 1.165) is 16.7 Å². The minimum atomic E-state index is -4.57. The molecule has 0 atom stereocenters. The number of benzene rings is 1. The van der Waals surface area contributed by atoms with E-state index in [0.29, 0.717) is 0 Å². The Kier molecular flexibility index (Phi) is 4.46. The van der Waals surface area contributed by atoms with Crippen LogP contribution in [0.1, 0.15) is 58.2 Å². The zero-order valence-electron chi connectivity index (χ0n) is 13.3. The Morgan fingerprint density at radius 1 is 0.950 bits per heavy atom. The van der Waals surface area contributed by atoms with Gasteiger partial charge in [0.2, 0.25) is 0 Å². The molecule has 0 aromatic heterocycles. The topological polar surface area (TPSA) is 66.8 Å². The summed E-state index contributed by atoms with van der Waals surface area (Å²) in [6.45, 7) is 14.3. The van der Waals surface area contributed by atoms with Crippen molar-refractivity contribution in [1.29, 1.82) is 0 Å². The molecular weight excluding hydrogens is 275 g/mol. The summed E-state index contributed by atoms with van der Waals surface area (Å²) in [5.41, 5.74) is 2.62. The highest BCUT2D eigenvalue weighted by molar-refractivity contribution is 7.46. The van der Waals surface area contributed by atoms with Crippen LogP contribution in [0.25, 0.3) is 0 Å². The van der Waals surface area contributed by atoms with Crippen molar-refractivity contribution in [2.75, 3.05) is 0 Å². The zero-order chi connectivity index (χ0) is 15.9. The van der Waals surface area contributed by atoms with Gasteiger partial charge in [-0.25, -0.2) is 4.57 Å². The molecule has 5 heteroatoms. The van der Waals surface area contributed by atoms with Gasteiger partial charge in [-0.3, -0.25) is 9.79 Å². The molecule has 0 heterocycles. The Balaban J connectivity index is 3.68. The van der Waals surface area contributed by atoms with Crippen molar-refractivity contribution < 1.29 is 18.9 Å². The quantitative estimate of drug-likeness (QED) is 0.808. The maximum Gasteiger partial charge on any atom is 0.524 e. The number of hydrogen-bond donors (Lipinski definition) is 2. The molecule has 4 nitrogen and oxygen atoms in total. The molecule has 114 valence electrons. The molecule has 0 aliphatic rings. The Morgan fingerprint density at radius 2 is 1.40 bits per heavy atom. The first kappa shape index (κ1) is 17.2. The molecule has 1 aromatic rings. The summed E-state index contributed by atoms with van der Waals surface area (Å²) < 4.78 is 16.1.